The number of esters is 1. The van der Waals surface area contributed by atoms with Gasteiger partial charge >= 0.3 is 5.97 Å². The first-order chi connectivity index (χ1) is 9.22. The lowest BCUT2D eigenvalue weighted by molar-refractivity contribution is -0.143. The summed E-state index contributed by atoms with van der Waals surface area (Å²) in [5.74, 6) is -0.599. The van der Waals surface area contributed by atoms with E-state index in [2.05, 4.69) is 18.2 Å². The number of carbonyl (C=O) groups excluding carboxylic acids is 1. The van der Waals surface area contributed by atoms with Crippen LogP contribution in [0.5, 0.6) is 0 Å². The van der Waals surface area contributed by atoms with Gasteiger partial charge in [-0.15, -0.1) is 0 Å². The number of rotatable bonds is 13. The maximum absolute atomic E-state index is 11.8. The van der Waals surface area contributed by atoms with Crippen LogP contribution >= 0.6 is 0 Å². The molecule has 0 rings (SSSR count). The highest BCUT2D eigenvalue weighted by molar-refractivity contribution is 5.87. The van der Waals surface area contributed by atoms with Gasteiger partial charge in [-0.05, 0) is 12.8 Å². The third kappa shape index (κ3) is 11.9. The van der Waals surface area contributed by atoms with Crippen LogP contribution in [0, 0.1) is 0 Å². The standard InChI is InChI=1S/C16H29FO2/c1-3-4-5-6-7-8-9-10-11-12-13-15(2)16(18)19-14-17/h2-14H2,1H3. The van der Waals surface area contributed by atoms with Crippen molar-refractivity contribution in [3.05, 3.63) is 12.2 Å². The number of ether oxygens (including phenoxy) is 1. The lowest BCUT2D eigenvalue weighted by Gasteiger charge is -2.04. The second-order valence-corrected chi connectivity index (χ2v) is 5.08. The SMILES string of the molecule is C=C(CCCCCCCCCCCC)C(=O)OCF. The molecule has 0 aliphatic rings. The number of carbonyl (C=O) groups is 1. The summed E-state index contributed by atoms with van der Waals surface area (Å²) in [5.41, 5.74) is 0.386. The zero-order valence-electron chi connectivity index (χ0n) is 12.4. The number of halogens is 1. The lowest BCUT2D eigenvalue weighted by atomic mass is 10.0. The van der Waals surface area contributed by atoms with Crippen LogP contribution in [0.25, 0.3) is 0 Å². The molecule has 0 radical (unpaired) electrons. The molecule has 0 bridgehead atoms. The van der Waals surface area contributed by atoms with E-state index in [4.69, 9.17) is 0 Å². The fourth-order valence-electron chi connectivity index (χ4n) is 2.08. The smallest absolute Gasteiger partial charge is 0.335 e. The largest absolute Gasteiger partial charge is 0.430 e. The van der Waals surface area contributed by atoms with E-state index < -0.39 is 12.8 Å². The van der Waals surface area contributed by atoms with Crippen molar-refractivity contribution in [3.63, 3.8) is 0 Å². The van der Waals surface area contributed by atoms with Gasteiger partial charge in [0.05, 0.1) is 0 Å². The number of hydrogen-bond donors (Lipinski definition) is 0. The summed E-state index contributed by atoms with van der Waals surface area (Å²) in [6, 6.07) is 0. The molecule has 0 unspecified atom stereocenters. The van der Waals surface area contributed by atoms with Gasteiger partial charge in [0.2, 0.25) is 6.86 Å². The first-order valence-electron chi connectivity index (χ1n) is 7.63. The van der Waals surface area contributed by atoms with Crippen molar-refractivity contribution >= 4 is 5.97 Å². The molecule has 0 N–H and O–H groups in total. The van der Waals surface area contributed by atoms with Gasteiger partial charge in [-0.2, -0.15) is 0 Å². The summed E-state index contributed by atoms with van der Waals surface area (Å²) in [6.07, 6.45) is 13.2. The van der Waals surface area contributed by atoms with Crippen molar-refractivity contribution in [1.82, 2.24) is 0 Å². The zero-order valence-corrected chi connectivity index (χ0v) is 12.4. The summed E-state index contributed by atoms with van der Waals surface area (Å²) in [5, 5.41) is 0. The number of alkyl halides is 1. The molecule has 0 aliphatic carbocycles. The van der Waals surface area contributed by atoms with Crippen LogP contribution < -0.4 is 0 Å². The summed E-state index contributed by atoms with van der Waals surface area (Å²) in [4.78, 5) is 11.1. The van der Waals surface area contributed by atoms with Crippen LogP contribution in [-0.4, -0.2) is 12.8 Å². The minimum Gasteiger partial charge on any atom is -0.430 e. The van der Waals surface area contributed by atoms with Gasteiger partial charge in [0.1, 0.15) is 0 Å². The van der Waals surface area contributed by atoms with Gasteiger partial charge in [0.25, 0.3) is 0 Å². The fourth-order valence-corrected chi connectivity index (χ4v) is 2.08. The summed E-state index contributed by atoms with van der Waals surface area (Å²) >= 11 is 0. The van der Waals surface area contributed by atoms with Crippen LogP contribution in [0.3, 0.4) is 0 Å². The second-order valence-electron chi connectivity index (χ2n) is 5.08. The first kappa shape index (κ1) is 18.1. The molecule has 0 aromatic carbocycles. The molecule has 3 heteroatoms. The van der Waals surface area contributed by atoms with E-state index in [1.165, 1.54) is 51.4 Å². The van der Waals surface area contributed by atoms with Crippen molar-refractivity contribution in [1.29, 1.82) is 0 Å². The quantitative estimate of drug-likeness (QED) is 0.257. The van der Waals surface area contributed by atoms with Crippen molar-refractivity contribution in [2.75, 3.05) is 6.86 Å². The Kier molecular flexibility index (Phi) is 13.0. The minimum absolute atomic E-state index is 0.386. The highest BCUT2D eigenvalue weighted by Gasteiger charge is 2.07. The van der Waals surface area contributed by atoms with E-state index in [1.807, 2.05) is 0 Å². The molecule has 0 saturated heterocycles. The Morgan fingerprint density at radius 3 is 1.89 bits per heavy atom. The number of unbranched alkanes of at least 4 members (excludes halogenated alkanes) is 9. The average molecular weight is 272 g/mol. The van der Waals surface area contributed by atoms with Gasteiger partial charge in [0, 0.05) is 5.57 Å². The third-order valence-corrected chi connectivity index (χ3v) is 3.31. The van der Waals surface area contributed by atoms with Crippen LogP contribution in [0.15, 0.2) is 12.2 Å². The maximum Gasteiger partial charge on any atom is 0.335 e. The molecule has 112 valence electrons. The van der Waals surface area contributed by atoms with Crippen LogP contribution in [0.1, 0.15) is 77.6 Å². The molecule has 0 fully saturated rings. The normalized spacial score (nSPS) is 10.4. The maximum atomic E-state index is 11.8. The fraction of sp³-hybridized carbons (Fsp3) is 0.812. The predicted molar refractivity (Wildman–Crippen MR) is 77.7 cm³/mol. The summed E-state index contributed by atoms with van der Waals surface area (Å²) in [7, 11) is 0. The van der Waals surface area contributed by atoms with Crippen LogP contribution in [-0.2, 0) is 9.53 Å². The third-order valence-electron chi connectivity index (χ3n) is 3.31. The van der Waals surface area contributed by atoms with E-state index in [0.717, 1.165) is 12.8 Å². The van der Waals surface area contributed by atoms with Crippen molar-refractivity contribution in [2.24, 2.45) is 0 Å². The zero-order chi connectivity index (χ0) is 14.3. The second kappa shape index (κ2) is 13.6. The summed E-state index contributed by atoms with van der Waals surface area (Å²) in [6.45, 7) is 4.78. The van der Waals surface area contributed by atoms with Crippen LogP contribution in [0.2, 0.25) is 0 Å². The molecule has 0 aliphatic heterocycles. The molecule has 0 aromatic rings. The molecule has 0 spiro atoms. The molecule has 0 atom stereocenters. The molecule has 0 amide bonds. The highest BCUT2D eigenvalue weighted by Crippen LogP contribution is 2.13. The molecule has 2 nitrogen and oxygen atoms in total. The van der Waals surface area contributed by atoms with Crippen molar-refractivity contribution < 1.29 is 13.9 Å². The van der Waals surface area contributed by atoms with E-state index in [9.17, 15) is 9.18 Å². The van der Waals surface area contributed by atoms with Gasteiger partial charge < -0.3 is 4.74 Å². The Morgan fingerprint density at radius 2 is 1.42 bits per heavy atom. The van der Waals surface area contributed by atoms with E-state index in [0.29, 0.717) is 12.0 Å². The molecular formula is C16H29FO2. The monoisotopic (exact) mass is 272 g/mol. The van der Waals surface area contributed by atoms with Crippen LogP contribution in [0.4, 0.5) is 4.39 Å². The molecular weight excluding hydrogens is 243 g/mol. The van der Waals surface area contributed by atoms with Crippen molar-refractivity contribution in [3.8, 4) is 0 Å². The minimum atomic E-state index is -1.06. The van der Waals surface area contributed by atoms with E-state index in [-0.39, 0.29) is 0 Å². The summed E-state index contributed by atoms with van der Waals surface area (Å²) < 4.78 is 16.0. The van der Waals surface area contributed by atoms with E-state index in [1.54, 1.807) is 0 Å². The molecule has 0 heterocycles. The Hall–Kier alpha value is -0.860. The van der Waals surface area contributed by atoms with Crippen molar-refractivity contribution in [2.45, 2.75) is 77.6 Å². The van der Waals surface area contributed by atoms with E-state index >= 15 is 0 Å². The Labute approximate surface area is 117 Å². The molecule has 0 aromatic heterocycles. The Balaban J connectivity index is 3.22. The number of hydrogen-bond acceptors (Lipinski definition) is 2. The van der Waals surface area contributed by atoms with Gasteiger partial charge in [-0.3, -0.25) is 0 Å². The topological polar surface area (TPSA) is 26.3 Å². The average Bonchev–Trinajstić information content (AvgIpc) is 2.41. The Morgan fingerprint density at radius 1 is 0.947 bits per heavy atom. The molecule has 0 saturated carbocycles. The van der Waals surface area contributed by atoms with Gasteiger partial charge in [-0.25, -0.2) is 9.18 Å². The Bertz CT molecular complexity index is 239. The first-order valence-corrected chi connectivity index (χ1v) is 7.63. The lowest BCUT2D eigenvalue weighted by Crippen LogP contribution is -2.05. The van der Waals surface area contributed by atoms with Gasteiger partial charge in [0.15, 0.2) is 0 Å². The highest BCUT2D eigenvalue weighted by atomic mass is 19.1. The predicted octanol–water partition coefficient (Wildman–Crippen LogP) is 5.32. The molecule has 19 heavy (non-hydrogen) atoms. The van der Waals surface area contributed by atoms with Gasteiger partial charge in [-0.1, -0.05) is 71.3 Å².